The molecule has 1 aromatic carbocycles. The summed E-state index contributed by atoms with van der Waals surface area (Å²) in [7, 11) is 0. The van der Waals surface area contributed by atoms with E-state index in [2.05, 4.69) is 15.6 Å². The van der Waals surface area contributed by atoms with Crippen LogP contribution in [0.25, 0.3) is 0 Å². The van der Waals surface area contributed by atoms with Gasteiger partial charge in [-0.3, -0.25) is 9.78 Å². The molecule has 1 aliphatic heterocycles. The predicted octanol–water partition coefficient (Wildman–Crippen LogP) is 2.74. The second-order valence-electron chi connectivity index (χ2n) is 5.53. The molecule has 0 radical (unpaired) electrons. The van der Waals surface area contributed by atoms with E-state index in [0.717, 1.165) is 17.8 Å². The van der Waals surface area contributed by atoms with E-state index in [0.29, 0.717) is 29.8 Å². The van der Waals surface area contributed by atoms with Gasteiger partial charge in [-0.05, 0) is 56.1 Å². The molecule has 0 unspecified atom stereocenters. The molecule has 0 fully saturated rings. The second kappa shape index (κ2) is 5.85. The van der Waals surface area contributed by atoms with E-state index in [4.69, 9.17) is 0 Å². The molecule has 0 spiro atoms. The van der Waals surface area contributed by atoms with Gasteiger partial charge in [0.1, 0.15) is 5.82 Å². The summed E-state index contributed by atoms with van der Waals surface area (Å²) in [5, 5.41) is 5.87. The van der Waals surface area contributed by atoms with Gasteiger partial charge in [0.2, 0.25) is 0 Å². The van der Waals surface area contributed by atoms with Crippen molar-refractivity contribution in [3.05, 3.63) is 58.2 Å². The second-order valence-corrected chi connectivity index (χ2v) is 5.53. The number of halogens is 1. The summed E-state index contributed by atoms with van der Waals surface area (Å²) in [6.45, 7) is 5.06. The number of carbonyl (C=O) groups excluding carboxylic acids is 1. The molecule has 0 bridgehead atoms. The Kier molecular flexibility index (Phi) is 3.90. The molecular formula is C17H18FN3O. The Morgan fingerprint density at radius 2 is 2.09 bits per heavy atom. The maximum Gasteiger partial charge on any atom is 0.257 e. The van der Waals surface area contributed by atoms with E-state index in [-0.39, 0.29) is 17.4 Å². The Labute approximate surface area is 128 Å². The number of rotatable bonds is 2. The van der Waals surface area contributed by atoms with E-state index in [1.165, 1.54) is 0 Å². The highest BCUT2D eigenvalue weighted by Crippen LogP contribution is 2.25. The van der Waals surface area contributed by atoms with Crippen LogP contribution < -0.4 is 10.6 Å². The summed E-state index contributed by atoms with van der Waals surface area (Å²) in [6.07, 6.45) is 0.635. The number of benzene rings is 1. The van der Waals surface area contributed by atoms with Gasteiger partial charge < -0.3 is 10.6 Å². The number of nitrogens with zero attached hydrogens (tertiary/aromatic N) is 1. The van der Waals surface area contributed by atoms with Crippen molar-refractivity contribution in [3.8, 4) is 0 Å². The lowest BCUT2D eigenvalue weighted by Crippen LogP contribution is -2.25. The first-order chi connectivity index (χ1) is 10.6. The van der Waals surface area contributed by atoms with Crippen LogP contribution in [0.5, 0.6) is 0 Å². The van der Waals surface area contributed by atoms with Crippen LogP contribution in [0.15, 0.2) is 24.3 Å². The van der Waals surface area contributed by atoms with Crippen molar-refractivity contribution in [1.29, 1.82) is 0 Å². The summed E-state index contributed by atoms with van der Waals surface area (Å²) in [4.78, 5) is 16.6. The third-order valence-corrected chi connectivity index (χ3v) is 3.93. The van der Waals surface area contributed by atoms with E-state index in [1.807, 2.05) is 13.0 Å². The van der Waals surface area contributed by atoms with Gasteiger partial charge in [0.05, 0.1) is 16.9 Å². The SMILES string of the molecule is Cc1ccc(C(=O)Nc2ccc3c(c2F)CCNC3)c(C)n1. The highest BCUT2D eigenvalue weighted by molar-refractivity contribution is 6.05. The monoisotopic (exact) mass is 299 g/mol. The molecule has 1 aliphatic rings. The smallest absolute Gasteiger partial charge is 0.257 e. The Bertz CT molecular complexity index is 743. The van der Waals surface area contributed by atoms with E-state index >= 15 is 0 Å². The number of nitrogens with one attached hydrogen (secondary N) is 2. The zero-order chi connectivity index (χ0) is 15.7. The minimum atomic E-state index is -0.335. The lowest BCUT2D eigenvalue weighted by atomic mass is 9.99. The van der Waals surface area contributed by atoms with Gasteiger partial charge >= 0.3 is 0 Å². The fourth-order valence-corrected chi connectivity index (χ4v) is 2.75. The fourth-order valence-electron chi connectivity index (χ4n) is 2.75. The molecule has 5 heteroatoms. The number of anilines is 1. The van der Waals surface area contributed by atoms with Crippen LogP contribution in [-0.2, 0) is 13.0 Å². The number of aryl methyl sites for hydroxylation is 2. The average molecular weight is 299 g/mol. The molecule has 2 heterocycles. The minimum Gasteiger partial charge on any atom is -0.319 e. The molecule has 4 nitrogen and oxygen atoms in total. The van der Waals surface area contributed by atoms with Gasteiger partial charge in [-0.15, -0.1) is 0 Å². The van der Waals surface area contributed by atoms with Crippen molar-refractivity contribution in [1.82, 2.24) is 10.3 Å². The van der Waals surface area contributed by atoms with Gasteiger partial charge in [0.15, 0.2) is 0 Å². The summed E-state index contributed by atoms with van der Waals surface area (Å²) >= 11 is 0. The van der Waals surface area contributed by atoms with Crippen LogP contribution in [0.3, 0.4) is 0 Å². The van der Waals surface area contributed by atoms with E-state index in [9.17, 15) is 9.18 Å². The molecule has 3 rings (SSSR count). The topological polar surface area (TPSA) is 54.0 Å². The first-order valence-corrected chi connectivity index (χ1v) is 7.33. The number of pyridine rings is 1. The summed E-state index contributed by atoms with van der Waals surface area (Å²) in [5.74, 6) is -0.664. The van der Waals surface area contributed by atoms with Crippen LogP contribution in [0.2, 0.25) is 0 Å². The maximum absolute atomic E-state index is 14.5. The highest BCUT2D eigenvalue weighted by atomic mass is 19.1. The first kappa shape index (κ1) is 14.7. The van der Waals surface area contributed by atoms with Crippen LogP contribution in [0.4, 0.5) is 10.1 Å². The third-order valence-electron chi connectivity index (χ3n) is 3.93. The summed E-state index contributed by atoms with van der Waals surface area (Å²) in [5.41, 5.74) is 3.82. The van der Waals surface area contributed by atoms with Crippen LogP contribution in [-0.4, -0.2) is 17.4 Å². The molecule has 1 amide bonds. The average Bonchev–Trinajstić information content (AvgIpc) is 2.50. The Morgan fingerprint density at radius 1 is 1.27 bits per heavy atom. The largest absolute Gasteiger partial charge is 0.319 e. The Hall–Kier alpha value is -2.27. The quantitative estimate of drug-likeness (QED) is 0.896. The van der Waals surface area contributed by atoms with Gasteiger partial charge in [-0.2, -0.15) is 0 Å². The fraction of sp³-hybridized carbons (Fsp3) is 0.294. The lowest BCUT2D eigenvalue weighted by Gasteiger charge is -2.19. The van der Waals surface area contributed by atoms with Crippen LogP contribution >= 0.6 is 0 Å². The standard InChI is InChI=1S/C17H18FN3O/c1-10-3-5-13(11(2)20-10)17(22)21-15-6-4-12-9-19-8-7-14(12)16(15)18/h3-6,19H,7-9H2,1-2H3,(H,21,22). The third kappa shape index (κ3) is 2.72. The zero-order valence-corrected chi connectivity index (χ0v) is 12.7. The predicted molar refractivity (Wildman–Crippen MR) is 83.5 cm³/mol. The molecule has 0 saturated heterocycles. The molecule has 114 valence electrons. The van der Waals surface area contributed by atoms with Crippen molar-refractivity contribution in [3.63, 3.8) is 0 Å². The number of hydrogen-bond acceptors (Lipinski definition) is 3. The maximum atomic E-state index is 14.5. The Balaban J connectivity index is 1.88. The van der Waals surface area contributed by atoms with Crippen molar-refractivity contribution in [2.75, 3.05) is 11.9 Å². The molecular weight excluding hydrogens is 281 g/mol. The van der Waals surface area contributed by atoms with Gasteiger partial charge in [0.25, 0.3) is 5.91 Å². The molecule has 2 aromatic rings. The molecule has 0 aliphatic carbocycles. The zero-order valence-electron chi connectivity index (χ0n) is 12.7. The van der Waals surface area contributed by atoms with Gasteiger partial charge in [0, 0.05) is 12.2 Å². The molecule has 0 atom stereocenters. The van der Waals surface area contributed by atoms with Gasteiger partial charge in [-0.25, -0.2) is 4.39 Å². The van der Waals surface area contributed by atoms with Crippen molar-refractivity contribution in [2.45, 2.75) is 26.8 Å². The number of hydrogen-bond donors (Lipinski definition) is 2. The number of fused-ring (bicyclic) bond motifs is 1. The first-order valence-electron chi connectivity index (χ1n) is 7.33. The van der Waals surface area contributed by atoms with E-state index in [1.54, 1.807) is 25.1 Å². The summed E-state index contributed by atoms with van der Waals surface area (Å²) in [6, 6.07) is 6.97. The lowest BCUT2D eigenvalue weighted by molar-refractivity contribution is 0.102. The normalized spacial score (nSPS) is 13.6. The number of aromatic nitrogens is 1. The molecule has 22 heavy (non-hydrogen) atoms. The van der Waals surface area contributed by atoms with Gasteiger partial charge in [-0.1, -0.05) is 6.07 Å². The Morgan fingerprint density at radius 3 is 2.86 bits per heavy atom. The highest BCUT2D eigenvalue weighted by Gasteiger charge is 2.18. The van der Waals surface area contributed by atoms with Crippen molar-refractivity contribution >= 4 is 11.6 Å². The number of carbonyl (C=O) groups is 1. The number of amides is 1. The van der Waals surface area contributed by atoms with Crippen molar-refractivity contribution < 1.29 is 9.18 Å². The van der Waals surface area contributed by atoms with Crippen LogP contribution in [0.1, 0.15) is 32.9 Å². The summed E-state index contributed by atoms with van der Waals surface area (Å²) < 4.78 is 14.5. The minimum absolute atomic E-state index is 0.227. The van der Waals surface area contributed by atoms with Crippen molar-refractivity contribution in [2.24, 2.45) is 0 Å². The van der Waals surface area contributed by atoms with E-state index < -0.39 is 0 Å². The van der Waals surface area contributed by atoms with Crippen LogP contribution in [0, 0.1) is 19.7 Å². The molecule has 2 N–H and O–H groups in total. The molecule has 1 aromatic heterocycles. The molecule has 0 saturated carbocycles.